The van der Waals surface area contributed by atoms with Crippen molar-refractivity contribution in [2.24, 2.45) is 0 Å². The fourth-order valence-electron chi connectivity index (χ4n) is 0.205. The smallest absolute Gasteiger partial charge is 0.119 e. The quantitative estimate of drug-likeness (QED) is 0.406. The normalized spacial score (nSPS) is 6.86. The average molecular weight is 105 g/mol. The molecule has 0 aliphatic rings. The number of rotatable bonds is 0. The van der Waals surface area contributed by atoms with E-state index < -0.39 is 0 Å². The summed E-state index contributed by atoms with van der Waals surface area (Å²) < 4.78 is 0. The van der Waals surface area contributed by atoms with Crippen LogP contribution in [0.25, 0.3) is 0 Å². The van der Waals surface area contributed by atoms with E-state index in [1.54, 1.807) is 0 Å². The predicted octanol–water partition coefficient (Wildman–Crippen LogP) is -0.777. The minimum Gasteiger partial charge on any atom is -0.225 e. The van der Waals surface area contributed by atoms with Crippen LogP contribution in [0.4, 0.5) is 0 Å². The molecule has 0 aromatic carbocycles. The SMILES string of the molecule is [NaH].c1ncncn1. The molecule has 0 fully saturated rings. The van der Waals surface area contributed by atoms with Crippen LogP contribution in [-0.4, -0.2) is 44.5 Å². The molecule has 7 heavy (non-hydrogen) atoms. The summed E-state index contributed by atoms with van der Waals surface area (Å²) in [4.78, 5) is 10.7. The van der Waals surface area contributed by atoms with E-state index in [1.165, 1.54) is 19.0 Å². The second-order valence-electron chi connectivity index (χ2n) is 0.794. The summed E-state index contributed by atoms with van der Waals surface area (Å²) in [5.41, 5.74) is 0. The molecule has 0 aliphatic heterocycles. The molecule has 0 spiro atoms. The Balaban J connectivity index is 0.000000360. The Morgan fingerprint density at radius 2 is 1.00 bits per heavy atom. The van der Waals surface area contributed by atoms with E-state index >= 15 is 0 Å². The third-order valence-electron chi connectivity index (χ3n) is 0.400. The van der Waals surface area contributed by atoms with Gasteiger partial charge < -0.3 is 0 Å². The molecule has 0 saturated carbocycles. The van der Waals surface area contributed by atoms with Gasteiger partial charge in [-0.2, -0.15) is 0 Å². The zero-order valence-corrected chi connectivity index (χ0v) is 3.07. The first kappa shape index (κ1) is 7.01. The standard InChI is InChI=1S/C3H3N3.Na.H/c1-4-2-6-3-5-1;;/h1-3H;;. The number of hydrogen-bond donors (Lipinski definition) is 0. The summed E-state index contributed by atoms with van der Waals surface area (Å²) in [5.74, 6) is 0. The van der Waals surface area contributed by atoms with Gasteiger partial charge in [-0.3, -0.25) is 0 Å². The molecule has 32 valence electrons. The largest absolute Gasteiger partial charge is 0.225 e. The first-order valence-electron chi connectivity index (χ1n) is 1.55. The summed E-state index contributed by atoms with van der Waals surface area (Å²) in [6.07, 6.45) is 4.31. The zero-order chi connectivity index (χ0) is 4.24. The molecular weight excluding hydrogens is 101 g/mol. The Morgan fingerprint density at radius 1 is 0.714 bits per heavy atom. The van der Waals surface area contributed by atoms with E-state index in [1.807, 2.05) is 0 Å². The molecule has 0 N–H and O–H groups in total. The fourth-order valence-corrected chi connectivity index (χ4v) is 0.205. The van der Waals surface area contributed by atoms with E-state index in [2.05, 4.69) is 15.0 Å². The van der Waals surface area contributed by atoms with Crippen LogP contribution in [0.15, 0.2) is 19.0 Å². The molecule has 4 heteroatoms. The summed E-state index contributed by atoms with van der Waals surface area (Å²) in [6.45, 7) is 0. The molecule has 3 nitrogen and oxygen atoms in total. The van der Waals surface area contributed by atoms with Crippen molar-refractivity contribution in [3.05, 3.63) is 19.0 Å². The maximum absolute atomic E-state index is 3.56. The van der Waals surface area contributed by atoms with Gasteiger partial charge in [0.1, 0.15) is 19.0 Å². The van der Waals surface area contributed by atoms with Gasteiger partial charge in [0.2, 0.25) is 0 Å². The van der Waals surface area contributed by atoms with E-state index in [0.717, 1.165) is 0 Å². The first-order chi connectivity index (χ1) is 3.00. The van der Waals surface area contributed by atoms with E-state index in [9.17, 15) is 0 Å². The van der Waals surface area contributed by atoms with Crippen molar-refractivity contribution in [2.45, 2.75) is 0 Å². The summed E-state index contributed by atoms with van der Waals surface area (Å²) in [7, 11) is 0. The second-order valence-corrected chi connectivity index (χ2v) is 0.794. The van der Waals surface area contributed by atoms with Crippen molar-refractivity contribution < 1.29 is 0 Å². The Morgan fingerprint density at radius 3 is 1.14 bits per heavy atom. The fraction of sp³-hybridized carbons (Fsp3) is 0. The van der Waals surface area contributed by atoms with Gasteiger partial charge in [-0.1, -0.05) is 0 Å². The van der Waals surface area contributed by atoms with Gasteiger partial charge in [0.15, 0.2) is 0 Å². The maximum Gasteiger partial charge on any atom is 0.119 e. The van der Waals surface area contributed by atoms with Crippen molar-refractivity contribution in [1.82, 2.24) is 15.0 Å². The number of aromatic nitrogens is 3. The molecule has 0 saturated heterocycles. The van der Waals surface area contributed by atoms with Crippen LogP contribution in [0, 0.1) is 0 Å². The van der Waals surface area contributed by atoms with Crippen LogP contribution in [0.2, 0.25) is 0 Å². The molecule has 1 aromatic heterocycles. The Labute approximate surface area is 63.5 Å². The monoisotopic (exact) mass is 105 g/mol. The van der Waals surface area contributed by atoms with Crippen molar-refractivity contribution in [1.29, 1.82) is 0 Å². The molecule has 0 unspecified atom stereocenters. The molecule has 0 bridgehead atoms. The zero-order valence-electron chi connectivity index (χ0n) is 3.07. The molecule has 0 atom stereocenters. The molecule has 1 rings (SSSR count). The summed E-state index contributed by atoms with van der Waals surface area (Å²) in [5, 5.41) is 0. The summed E-state index contributed by atoms with van der Waals surface area (Å²) >= 11 is 0. The van der Waals surface area contributed by atoms with Crippen LogP contribution >= 0.6 is 0 Å². The molecule has 0 amide bonds. The van der Waals surface area contributed by atoms with Gasteiger partial charge >= 0.3 is 29.6 Å². The van der Waals surface area contributed by atoms with Gasteiger partial charge in [-0.25, -0.2) is 15.0 Å². The van der Waals surface area contributed by atoms with Crippen LogP contribution in [0.5, 0.6) is 0 Å². The second kappa shape index (κ2) is 4.18. The van der Waals surface area contributed by atoms with Gasteiger partial charge in [-0.05, 0) is 0 Å². The van der Waals surface area contributed by atoms with Crippen LogP contribution in [-0.2, 0) is 0 Å². The Kier molecular flexibility index (Phi) is 4.18. The van der Waals surface area contributed by atoms with Crippen molar-refractivity contribution >= 4 is 29.6 Å². The van der Waals surface area contributed by atoms with Crippen LogP contribution in [0.1, 0.15) is 0 Å². The van der Waals surface area contributed by atoms with Crippen molar-refractivity contribution in [3.8, 4) is 0 Å². The Bertz CT molecular complexity index is 82.1. The van der Waals surface area contributed by atoms with Crippen LogP contribution < -0.4 is 0 Å². The maximum atomic E-state index is 3.56. The molecule has 1 aromatic rings. The van der Waals surface area contributed by atoms with E-state index in [4.69, 9.17) is 0 Å². The number of hydrogen-bond acceptors (Lipinski definition) is 3. The predicted molar refractivity (Wildman–Crippen MR) is 27.0 cm³/mol. The van der Waals surface area contributed by atoms with Crippen molar-refractivity contribution in [2.75, 3.05) is 0 Å². The molecule has 0 radical (unpaired) electrons. The van der Waals surface area contributed by atoms with Gasteiger partial charge in [0, 0.05) is 0 Å². The van der Waals surface area contributed by atoms with E-state index in [0.29, 0.717) is 0 Å². The minimum absolute atomic E-state index is 0. The Hall–Kier alpha value is 0.01000. The molecule has 1 heterocycles. The first-order valence-corrected chi connectivity index (χ1v) is 1.55. The minimum atomic E-state index is 0. The van der Waals surface area contributed by atoms with Gasteiger partial charge in [-0.15, -0.1) is 0 Å². The van der Waals surface area contributed by atoms with Crippen LogP contribution in [0.3, 0.4) is 0 Å². The summed E-state index contributed by atoms with van der Waals surface area (Å²) in [6, 6.07) is 0. The third kappa shape index (κ3) is 2.68. The third-order valence-corrected chi connectivity index (χ3v) is 0.400. The van der Waals surface area contributed by atoms with Gasteiger partial charge in [0.05, 0.1) is 0 Å². The van der Waals surface area contributed by atoms with Gasteiger partial charge in [0.25, 0.3) is 0 Å². The van der Waals surface area contributed by atoms with E-state index in [-0.39, 0.29) is 29.6 Å². The molecular formula is C3H4N3Na. The molecule has 0 aliphatic carbocycles. The topological polar surface area (TPSA) is 38.7 Å². The van der Waals surface area contributed by atoms with Crippen molar-refractivity contribution in [3.63, 3.8) is 0 Å². The number of nitrogens with zero attached hydrogens (tertiary/aromatic N) is 3. The average Bonchev–Trinajstić information content (AvgIpc) is 1.72.